The lowest BCUT2D eigenvalue weighted by Gasteiger charge is -2.30. The molecule has 19 heavy (non-hydrogen) atoms. The van der Waals surface area contributed by atoms with Gasteiger partial charge in [0, 0.05) is 0 Å². The zero-order valence-corrected chi connectivity index (χ0v) is 10.8. The molecule has 0 bridgehead atoms. The Morgan fingerprint density at radius 3 is 2.58 bits per heavy atom. The standard InChI is InChI=1S/C11H14N4O4/c1-5(2)8-9(16)13-11(18)15(10(8)17)4-7-12-6(3)14-19-7/h5,8H,4H2,1-3H3,(H,13,16,18). The molecule has 0 aromatic carbocycles. The molecule has 0 aliphatic carbocycles. The largest absolute Gasteiger partial charge is 0.337 e. The summed E-state index contributed by atoms with van der Waals surface area (Å²) in [7, 11) is 0. The van der Waals surface area contributed by atoms with Crippen molar-refractivity contribution in [1.82, 2.24) is 20.4 Å². The molecule has 1 aromatic rings. The average molecular weight is 266 g/mol. The summed E-state index contributed by atoms with van der Waals surface area (Å²) in [4.78, 5) is 40.3. The van der Waals surface area contributed by atoms with Crippen molar-refractivity contribution < 1.29 is 18.9 Å². The normalized spacial score (nSPS) is 20.1. The minimum atomic E-state index is -0.873. The minimum absolute atomic E-state index is 0.137. The first-order valence-corrected chi connectivity index (χ1v) is 5.85. The van der Waals surface area contributed by atoms with E-state index in [0.717, 1.165) is 4.90 Å². The van der Waals surface area contributed by atoms with E-state index in [2.05, 4.69) is 15.5 Å². The lowest BCUT2D eigenvalue weighted by molar-refractivity contribution is -0.145. The van der Waals surface area contributed by atoms with E-state index in [0.29, 0.717) is 5.82 Å². The van der Waals surface area contributed by atoms with Crippen LogP contribution in [0.25, 0.3) is 0 Å². The number of carbonyl (C=O) groups is 3. The maximum Gasteiger partial charge on any atom is 0.331 e. The molecule has 4 amide bonds. The first kappa shape index (κ1) is 13.2. The summed E-state index contributed by atoms with van der Waals surface area (Å²) in [5.74, 6) is -1.62. The Morgan fingerprint density at radius 1 is 1.37 bits per heavy atom. The molecule has 0 radical (unpaired) electrons. The number of amides is 4. The molecule has 1 atom stereocenters. The molecule has 2 rings (SSSR count). The lowest BCUT2D eigenvalue weighted by atomic mass is 9.92. The van der Waals surface area contributed by atoms with Crippen molar-refractivity contribution in [3.05, 3.63) is 11.7 Å². The molecule has 1 N–H and O–H groups in total. The fourth-order valence-corrected chi connectivity index (χ4v) is 1.91. The first-order valence-electron chi connectivity index (χ1n) is 5.85. The van der Waals surface area contributed by atoms with E-state index in [1.807, 2.05) is 0 Å². The molecule has 8 heteroatoms. The second-order valence-electron chi connectivity index (χ2n) is 4.68. The van der Waals surface area contributed by atoms with Gasteiger partial charge in [0.15, 0.2) is 5.82 Å². The van der Waals surface area contributed by atoms with Gasteiger partial charge < -0.3 is 4.52 Å². The Labute approximate surface area is 109 Å². The van der Waals surface area contributed by atoms with Crippen LogP contribution in [0.4, 0.5) is 4.79 Å². The van der Waals surface area contributed by atoms with E-state index in [4.69, 9.17) is 4.52 Å². The molecule has 1 aliphatic rings. The van der Waals surface area contributed by atoms with E-state index in [1.165, 1.54) is 0 Å². The number of nitrogens with one attached hydrogen (secondary N) is 1. The van der Waals surface area contributed by atoms with Gasteiger partial charge in [-0.05, 0) is 12.8 Å². The Morgan fingerprint density at radius 2 is 2.05 bits per heavy atom. The van der Waals surface area contributed by atoms with Gasteiger partial charge in [0.25, 0.3) is 0 Å². The Hall–Kier alpha value is -2.25. The fraction of sp³-hybridized carbons (Fsp3) is 0.545. The Kier molecular flexibility index (Phi) is 3.32. The van der Waals surface area contributed by atoms with E-state index in [9.17, 15) is 14.4 Å². The predicted molar refractivity (Wildman–Crippen MR) is 61.5 cm³/mol. The van der Waals surface area contributed by atoms with Gasteiger partial charge in [-0.3, -0.25) is 19.8 Å². The van der Waals surface area contributed by atoms with Gasteiger partial charge in [-0.1, -0.05) is 19.0 Å². The molecular formula is C11H14N4O4. The van der Waals surface area contributed by atoms with Crippen molar-refractivity contribution in [3.8, 4) is 0 Å². The van der Waals surface area contributed by atoms with Crippen LogP contribution in [0.3, 0.4) is 0 Å². The fourth-order valence-electron chi connectivity index (χ4n) is 1.91. The second-order valence-corrected chi connectivity index (χ2v) is 4.68. The number of aromatic nitrogens is 2. The SMILES string of the molecule is Cc1noc(CN2C(=O)NC(=O)C(C(C)C)C2=O)n1. The number of hydrogen-bond acceptors (Lipinski definition) is 6. The second kappa shape index (κ2) is 4.79. The van der Waals surface area contributed by atoms with Crippen molar-refractivity contribution in [1.29, 1.82) is 0 Å². The Balaban J connectivity index is 2.21. The molecule has 1 aromatic heterocycles. The third-order valence-corrected chi connectivity index (χ3v) is 2.82. The van der Waals surface area contributed by atoms with Crippen molar-refractivity contribution in [3.63, 3.8) is 0 Å². The van der Waals surface area contributed by atoms with Crippen LogP contribution < -0.4 is 5.32 Å². The highest BCUT2D eigenvalue weighted by atomic mass is 16.5. The van der Waals surface area contributed by atoms with Gasteiger partial charge in [0.1, 0.15) is 12.5 Å². The smallest absolute Gasteiger partial charge is 0.331 e. The monoisotopic (exact) mass is 266 g/mol. The van der Waals surface area contributed by atoms with E-state index in [1.54, 1.807) is 20.8 Å². The summed E-state index contributed by atoms with van der Waals surface area (Å²) < 4.78 is 4.87. The summed E-state index contributed by atoms with van der Waals surface area (Å²) in [6, 6.07) is -0.761. The number of nitrogens with zero attached hydrogens (tertiary/aromatic N) is 3. The number of carbonyl (C=O) groups excluding carboxylic acids is 3. The molecule has 0 saturated carbocycles. The molecule has 1 unspecified atom stereocenters. The number of barbiturate groups is 1. The van der Waals surface area contributed by atoms with Crippen molar-refractivity contribution in [2.45, 2.75) is 27.3 Å². The number of imide groups is 2. The van der Waals surface area contributed by atoms with Gasteiger partial charge in [-0.15, -0.1) is 0 Å². The van der Waals surface area contributed by atoms with Crippen LogP contribution in [0.15, 0.2) is 4.52 Å². The maximum atomic E-state index is 12.2. The summed E-state index contributed by atoms with van der Waals surface area (Å²) in [5.41, 5.74) is 0. The van der Waals surface area contributed by atoms with E-state index >= 15 is 0 Å². The van der Waals surface area contributed by atoms with Gasteiger partial charge in [-0.25, -0.2) is 4.79 Å². The van der Waals surface area contributed by atoms with Crippen LogP contribution in [0.2, 0.25) is 0 Å². The average Bonchev–Trinajstić information content (AvgIpc) is 2.69. The zero-order valence-electron chi connectivity index (χ0n) is 10.8. The highest BCUT2D eigenvalue weighted by Crippen LogP contribution is 2.20. The lowest BCUT2D eigenvalue weighted by Crippen LogP contribution is -2.58. The van der Waals surface area contributed by atoms with Crippen LogP contribution >= 0.6 is 0 Å². The predicted octanol–water partition coefficient (Wildman–Crippen LogP) is 0.229. The molecule has 8 nitrogen and oxygen atoms in total. The van der Waals surface area contributed by atoms with Gasteiger partial charge in [0.2, 0.25) is 17.7 Å². The zero-order chi connectivity index (χ0) is 14.2. The van der Waals surface area contributed by atoms with E-state index in [-0.39, 0.29) is 18.4 Å². The quantitative estimate of drug-likeness (QED) is 0.785. The highest BCUT2D eigenvalue weighted by molar-refractivity contribution is 6.16. The van der Waals surface area contributed by atoms with Crippen molar-refractivity contribution in [2.24, 2.45) is 11.8 Å². The summed E-state index contributed by atoms with van der Waals surface area (Å²) >= 11 is 0. The molecular weight excluding hydrogens is 252 g/mol. The highest BCUT2D eigenvalue weighted by Gasteiger charge is 2.42. The van der Waals surface area contributed by atoms with E-state index < -0.39 is 23.8 Å². The first-order chi connectivity index (χ1) is 8.90. The third kappa shape index (κ3) is 2.47. The molecule has 1 saturated heterocycles. The molecule has 1 aliphatic heterocycles. The molecule has 0 spiro atoms. The van der Waals surface area contributed by atoms with Crippen LogP contribution in [-0.4, -0.2) is 32.9 Å². The topological polar surface area (TPSA) is 105 Å². The van der Waals surface area contributed by atoms with Crippen molar-refractivity contribution in [2.75, 3.05) is 0 Å². The summed E-state index contributed by atoms with van der Waals surface area (Å²) in [6.45, 7) is 4.98. The van der Waals surface area contributed by atoms with Crippen LogP contribution in [0.1, 0.15) is 25.6 Å². The van der Waals surface area contributed by atoms with Crippen molar-refractivity contribution >= 4 is 17.8 Å². The van der Waals surface area contributed by atoms with Gasteiger partial charge >= 0.3 is 6.03 Å². The van der Waals surface area contributed by atoms with Gasteiger partial charge in [-0.2, -0.15) is 4.98 Å². The number of rotatable bonds is 3. The molecule has 102 valence electrons. The molecule has 1 fully saturated rings. The van der Waals surface area contributed by atoms with Crippen LogP contribution in [0, 0.1) is 18.8 Å². The summed E-state index contributed by atoms with van der Waals surface area (Å²) in [6.07, 6.45) is 0. The number of hydrogen-bond donors (Lipinski definition) is 1. The minimum Gasteiger partial charge on any atom is -0.337 e. The maximum absolute atomic E-state index is 12.2. The number of aryl methyl sites for hydroxylation is 1. The summed E-state index contributed by atoms with van der Waals surface area (Å²) in [5, 5.41) is 5.73. The third-order valence-electron chi connectivity index (χ3n) is 2.82. The van der Waals surface area contributed by atoms with Gasteiger partial charge in [0.05, 0.1) is 0 Å². The van der Waals surface area contributed by atoms with Crippen LogP contribution in [-0.2, 0) is 16.1 Å². The van der Waals surface area contributed by atoms with Crippen LogP contribution in [0.5, 0.6) is 0 Å². The molecule has 2 heterocycles. The Bertz CT molecular complexity index is 537. The number of urea groups is 1.